The summed E-state index contributed by atoms with van der Waals surface area (Å²) < 4.78 is 0. The number of thiophene rings is 1. The largest absolute Gasteiger partial charge is 0.335 e. The number of fused-ring (bicyclic) bond motifs is 4. The minimum atomic E-state index is 0.610. The zero-order valence-corrected chi connectivity index (χ0v) is 32.6. The van der Waals surface area contributed by atoms with E-state index in [9.17, 15) is 0 Å². The SMILES string of the molecule is C1=C(c2ccnc3nc(-c4[nH]nc5ncc(-c6cn[nH]c6)cc45)[nH]c23)CCC1.CC.c1cnc(-c2cnc3n[nH]c(-c4nc5nccc(-c6ccsc6)c5[nH]4)c3c2)cn1. The zero-order valence-electron chi connectivity index (χ0n) is 31.8. The third-order valence-corrected chi connectivity index (χ3v) is 10.7. The highest BCUT2D eigenvalue weighted by atomic mass is 32.1. The summed E-state index contributed by atoms with van der Waals surface area (Å²) in [6, 6.07) is 10.2. The molecule has 12 rings (SSSR count). The molecule has 0 aromatic carbocycles. The standard InChI is InChI=1S/C20H12N8S.C20H16N8.C2H6/c1-3-23-19-16(13(1)11-2-6-29-10-11)25-20(26-19)17-14-7-12(8-24-18(14)28-27-17)15-9-21-4-5-22-15;1-2-4-11(3-1)14-5-6-21-19-16(14)25-20(26-19)17-15-7-12(13-9-23-24-10-13)8-22-18(15)28-27-17;1-2/h1-10H,(H,23,25,26)(H,24,27,28);3,5-10H,1-2,4H2,(H,23,24)(H,21,25,26)(H,22,27,28);1-2H3. The highest BCUT2D eigenvalue weighted by Gasteiger charge is 2.19. The Bertz CT molecular complexity index is 3230. The summed E-state index contributed by atoms with van der Waals surface area (Å²) in [6.45, 7) is 4.00. The third kappa shape index (κ3) is 6.58. The third-order valence-electron chi connectivity index (χ3n) is 9.99. The van der Waals surface area contributed by atoms with E-state index in [2.05, 4.69) is 104 Å². The number of aromatic nitrogens is 16. The van der Waals surface area contributed by atoms with Crippen LogP contribution in [0.3, 0.4) is 0 Å². The fourth-order valence-electron chi connectivity index (χ4n) is 7.22. The molecule has 0 saturated heterocycles. The topological polar surface area (TPSA) is 221 Å². The predicted molar refractivity (Wildman–Crippen MR) is 229 cm³/mol. The Balaban J connectivity index is 0.000000137. The van der Waals surface area contributed by atoms with Crippen molar-refractivity contribution in [2.75, 3.05) is 0 Å². The quantitative estimate of drug-likeness (QED) is 0.107. The monoisotopic (exact) mass is 794 g/mol. The highest BCUT2D eigenvalue weighted by Crippen LogP contribution is 2.35. The molecular formula is C42H34N16S. The van der Waals surface area contributed by atoms with Crippen molar-refractivity contribution in [3.05, 3.63) is 109 Å². The van der Waals surface area contributed by atoms with Gasteiger partial charge in [0.1, 0.15) is 11.4 Å². The first kappa shape index (κ1) is 35.6. The van der Waals surface area contributed by atoms with Gasteiger partial charge < -0.3 is 9.97 Å². The van der Waals surface area contributed by atoms with E-state index in [1.54, 1.807) is 54.7 Å². The average molecular weight is 795 g/mol. The van der Waals surface area contributed by atoms with Crippen molar-refractivity contribution in [2.45, 2.75) is 33.1 Å². The fourth-order valence-corrected chi connectivity index (χ4v) is 7.87. The molecule has 0 bridgehead atoms. The van der Waals surface area contributed by atoms with Gasteiger partial charge in [0.25, 0.3) is 0 Å². The number of rotatable bonds is 6. The number of pyridine rings is 4. The van der Waals surface area contributed by atoms with Gasteiger partial charge in [-0.05, 0) is 71.5 Å². The summed E-state index contributed by atoms with van der Waals surface area (Å²) in [4.78, 5) is 42.5. The molecular weight excluding hydrogens is 761 g/mol. The number of H-pyrrole nitrogens is 5. The summed E-state index contributed by atoms with van der Waals surface area (Å²) in [5, 5.41) is 27.6. The predicted octanol–water partition coefficient (Wildman–Crippen LogP) is 8.96. The molecule has 17 heteroatoms. The molecule has 5 N–H and O–H groups in total. The molecule has 11 aromatic rings. The van der Waals surface area contributed by atoms with Crippen molar-refractivity contribution in [2.24, 2.45) is 0 Å². The van der Waals surface area contributed by atoms with E-state index in [-0.39, 0.29) is 0 Å². The molecule has 1 aliphatic carbocycles. The van der Waals surface area contributed by atoms with Gasteiger partial charge in [-0.15, -0.1) is 0 Å². The molecule has 0 aliphatic heterocycles. The van der Waals surface area contributed by atoms with E-state index < -0.39 is 0 Å². The molecule has 0 atom stereocenters. The Morgan fingerprint density at radius 1 is 0.627 bits per heavy atom. The number of nitrogens with one attached hydrogen (secondary N) is 5. The van der Waals surface area contributed by atoms with Gasteiger partial charge in [0, 0.05) is 71.2 Å². The second kappa shape index (κ2) is 15.3. The molecule has 0 amide bonds. The molecule has 0 unspecified atom stereocenters. The molecule has 0 saturated carbocycles. The van der Waals surface area contributed by atoms with Crippen molar-refractivity contribution >= 4 is 61.3 Å². The van der Waals surface area contributed by atoms with Crippen molar-refractivity contribution in [1.29, 1.82) is 0 Å². The minimum Gasteiger partial charge on any atom is -0.335 e. The van der Waals surface area contributed by atoms with Crippen LogP contribution in [0.2, 0.25) is 0 Å². The van der Waals surface area contributed by atoms with Crippen molar-refractivity contribution in [1.82, 2.24) is 80.4 Å². The molecule has 0 fully saturated rings. The summed E-state index contributed by atoms with van der Waals surface area (Å²) >= 11 is 1.66. The number of aromatic amines is 5. The second-order valence-electron chi connectivity index (χ2n) is 13.4. The first-order valence-electron chi connectivity index (χ1n) is 19.1. The summed E-state index contributed by atoms with van der Waals surface area (Å²) in [6.07, 6.45) is 21.5. The van der Waals surface area contributed by atoms with E-state index in [0.29, 0.717) is 34.2 Å². The average Bonchev–Trinajstić information content (AvgIpc) is 4.15. The van der Waals surface area contributed by atoms with Crippen LogP contribution in [-0.2, 0) is 0 Å². The van der Waals surface area contributed by atoms with Crippen LogP contribution in [0.4, 0.5) is 0 Å². The van der Waals surface area contributed by atoms with E-state index in [0.717, 1.165) is 79.5 Å². The second-order valence-corrected chi connectivity index (χ2v) is 14.2. The molecule has 0 radical (unpaired) electrons. The number of nitrogens with zero attached hydrogens (tertiary/aromatic N) is 11. The van der Waals surface area contributed by atoms with Crippen LogP contribution in [0, 0.1) is 0 Å². The van der Waals surface area contributed by atoms with Gasteiger partial charge in [0.15, 0.2) is 34.2 Å². The maximum atomic E-state index is 4.72. The van der Waals surface area contributed by atoms with Gasteiger partial charge in [-0.2, -0.15) is 26.6 Å². The number of imidazole rings is 2. The molecule has 59 heavy (non-hydrogen) atoms. The molecule has 16 nitrogen and oxygen atoms in total. The molecule has 0 spiro atoms. The first-order valence-corrected chi connectivity index (χ1v) is 20.0. The Morgan fingerprint density at radius 3 is 1.95 bits per heavy atom. The van der Waals surface area contributed by atoms with Gasteiger partial charge in [-0.25, -0.2) is 29.9 Å². The lowest BCUT2D eigenvalue weighted by Gasteiger charge is -2.02. The molecule has 11 heterocycles. The maximum Gasteiger partial charge on any atom is 0.181 e. The lowest BCUT2D eigenvalue weighted by Crippen LogP contribution is -1.87. The van der Waals surface area contributed by atoms with Crippen LogP contribution >= 0.6 is 11.3 Å². The van der Waals surface area contributed by atoms with Crippen LogP contribution in [0.1, 0.15) is 38.7 Å². The van der Waals surface area contributed by atoms with Gasteiger partial charge in [0.2, 0.25) is 0 Å². The van der Waals surface area contributed by atoms with E-state index in [1.807, 2.05) is 44.4 Å². The van der Waals surface area contributed by atoms with Crippen LogP contribution < -0.4 is 0 Å². The van der Waals surface area contributed by atoms with E-state index >= 15 is 0 Å². The van der Waals surface area contributed by atoms with Crippen LogP contribution in [0.25, 0.3) is 107 Å². The smallest absolute Gasteiger partial charge is 0.181 e. The van der Waals surface area contributed by atoms with E-state index in [4.69, 9.17) is 4.98 Å². The number of hydrogen-bond acceptors (Lipinski definition) is 12. The normalized spacial score (nSPS) is 12.5. The van der Waals surface area contributed by atoms with Gasteiger partial charge in [0.05, 0.1) is 39.9 Å². The highest BCUT2D eigenvalue weighted by molar-refractivity contribution is 7.08. The van der Waals surface area contributed by atoms with Crippen molar-refractivity contribution in [3.8, 4) is 56.5 Å². The fraction of sp³-hybridized carbons (Fsp3) is 0.119. The van der Waals surface area contributed by atoms with Crippen LogP contribution in [0.5, 0.6) is 0 Å². The lowest BCUT2D eigenvalue weighted by molar-refractivity contribution is 0.935. The summed E-state index contributed by atoms with van der Waals surface area (Å²) in [7, 11) is 0. The Morgan fingerprint density at radius 2 is 1.32 bits per heavy atom. The van der Waals surface area contributed by atoms with E-state index in [1.165, 1.54) is 17.6 Å². The maximum absolute atomic E-state index is 4.72. The molecule has 288 valence electrons. The number of allylic oxidation sites excluding steroid dienone is 2. The summed E-state index contributed by atoms with van der Waals surface area (Å²) in [5.41, 5.74) is 14.3. The Kier molecular flexibility index (Phi) is 9.22. The summed E-state index contributed by atoms with van der Waals surface area (Å²) in [5.74, 6) is 1.37. The molecule has 11 aromatic heterocycles. The minimum absolute atomic E-state index is 0.610. The van der Waals surface area contributed by atoms with Gasteiger partial charge in [-0.3, -0.25) is 25.3 Å². The zero-order chi connectivity index (χ0) is 39.7. The molecule has 1 aliphatic rings. The van der Waals surface area contributed by atoms with Gasteiger partial charge in [-0.1, -0.05) is 19.9 Å². The Hall–Kier alpha value is -7.79. The van der Waals surface area contributed by atoms with Crippen molar-refractivity contribution in [3.63, 3.8) is 0 Å². The van der Waals surface area contributed by atoms with Crippen molar-refractivity contribution < 1.29 is 0 Å². The van der Waals surface area contributed by atoms with Gasteiger partial charge >= 0.3 is 0 Å². The van der Waals surface area contributed by atoms with Crippen LogP contribution in [0.15, 0.2) is 103 Å². The lowest BCUT2D eigenvalue weighted by atomic mass is 10.1. The van der Waals surface area contributed by atoms with Crippen LogP contribution in [-0.4, -0.2) is 80.4 Å². The first-order chi connectivity index (χ1) is 29.2. The number of hydrogen-bond donors (Lipinski definition) is 5. The Labute approximate surface area is 338 Å².